The molecule has 198 valence electrons. The van der Waals surface area contributed by atoms with E-state index >= 15 is 0 Å². The summed E-state index contributed by atoms with van der Waals surface area (Å²) in [5.41, 5.74) is 4.66. The molecule has 0 saturated heterocycles. The van der Waals surface area contributed by atoms with Gasteiger partial charge in [-0.1, -0.05) is 30.3 Å². The van der Waals surface area contributed by atoms with Crippen LogP contribution < -0.4 is 24.4 Å². The molecule has 1 unspecified atom stereocenters. The normalized spacial score (nSPS) is 11.4. The second-order valence-electron chi connectivity index (χ2n) is 8.43. The van der Waals surface area contributed by atoms with Crippen LogP contribution in [0.15, 0.2) is 108 Å². The molecule has 4 aromatic carbocycles. The molecular weight excluding hydrogens is 496 g/mol. The molecule has 0 bridgehead atoms. The minimum Gasteiger partial charge on any atom is -0.497 e. The lowest BCUT2D eigenvalue weighted by Crippen LogP contribution is -2.33. The topological polar surface area (TPSA) is 95.5 Å². The summed E-state index contributed by atoms with van der Waals surface area (Å²) in [5.74, 6) is 1.40. The maximum absolute atomic E-state index is 12.4. The standard InChI is InChI=1S/C31H28N2O6/c1-22(38-28-18-16-27(17-19-28)37-21-24-6-4-3-5-7-24)30(34)33-32-20-23-8-12-29(13-9-23)39-31(35)25-10-14-26(36-2)15-11-25/h3-20,22H,21H2,1-2H3,(H,33,34)/b32-20+. The molecule has 1 atom stereocenters. The number of hydrogen-bond acceptors (Lipinski definition) is 7. The molecule has 1 amide bonds. The van der Waals surface area contributed by atoms with Gasteiger partial charge >= 0.3 is 5.97 Å². The number of carbonyl (C=O) groups is 2. The fraction of sp³-hybridized carbons (Fsp3) is 0.129. The Kier molecular flexibility index (Phi) is 9.28. The van der Waals surface area contributed by atoms with E-state index in [1.165, 1.54) is 6.21 Å². The Morgan fingerprint density at radius 2 is 1.41 bits per heavy atom. The summed E-state index contributed by atoms with van der Waals surface area (Å²) >= 11 is 0. The Morgan fingerprint density at radius 3 is 2.08 bits per heavy atom. The minimum atomic E-state index is -0.766. The molecule has 1 N–H and O–H groups in total. The Balaban J connectivity index is 1.21. The molecular formula is C31H28N2O6. The van der Waals surface area contributed by atoms with Gasteiger partial charge in [0.05, 0.1) is 18.9 Å². The van der Waals surface area contributed by atoms with E-state index in [9.17, 15) is 9.59 Å². The molecule has 0 aliphatic heterocycles. The summed E-state index contributed by atoms with van der Waals surface area (Å²) in [6.07, 6.45) is 0.719. The van der Waals surface area contributed by atoms with Gasteiger partial charge in [0, 0.05) is 0 Å². The Bertz CT molecular complexity index is 1390. The maximum atomic E-state index is 12.4. The summed E-state index contributed by atoms with van der Waals surface area (Å²) in [4.78, 5) is 24.7. The summed E-state index contributed by atoms with van der Waals surface area (Å²) in [6, 6.07) is 30.3. The van der Waals surface area contributed by atoms with Crippen molar-refractivity contribution in [2.75, 3.05) is 7.11 Å². The SMILES string of the molecule is COc1ccc(C(=O)Oc2ccc(/C=N/NC(=O)C(C)Oc3ccc(OCc4ccccc4)cc3)cc2)cc1. The molecule has 0 radical (unpaired) electrons. The molecule has 0 heterocycles. The number of esters is 1. The van der Waals surface area contributed by atoms with Crippen LogP contribution >= 0.6 is 0 Å². The number of hydrazone groups is 1. The van der Waals surface area contributed by atoms with Crippen molar-refractivity contribution in [3.8, 4) is 23.0 Å². The highest BCUT2D eigenvalue weighted by Gasteiger charge is 2.14. The van der Waals surface area contributed by atoms with Crippen molar-refractivity contribution in [3.05, 3.63) is 120 Å². The second-order valence-corrected chi connectivity index (χ2v) is 8.43. The number of nitrogens with one attached hydrogen (secondary N) is 1. The number of amides is 1. The number of hydrogen-bond donors (Lipinski definition) is 1. The zero-order valence-corrected chi connectivity index (χ0v) is 21.6. The second kappa shape index (κ2) is 13.4. The Hall–Kier alpha value is -5.11. The van der Waals surface area contributed by atoms with E-state index in [-0.39, 0.29) is 0 Å². The van der Waals surface area contributed by atoms with Gasteiger partial charge in [0.1, 0.15) is 29.6 Å². The van der Waals surface area contributed by atoms with Crippen molar-refractivity contribution in [3.63, 3.8) is 0 Å². The van der Waals surface area contributed by atoms with Gasteiger partial charge in [-0.15, -0.1) is 0 Å². The lowest BCUT2D eigenvalue weighted by Gasteiger charge is -2.13. The number of carbonyl (C=O) groups excluding carboxylic acids is 2. The highest BCUT2D eigenvalue weighted by Crippen LogP contribution is 2.20. The molecule has 0 aliphatic carbocycles. The first-order chi connectivity index (χ1) is 19.0. The van der Waals surface area contributed by atoms with E-state index in [2.05, 4.69) is 10.5 Å². The first-order valence-electron chi connectivity index (χ1n) is 12.2. The highest BCUT2D eigenvalue weighted by atomic mass is 16.5. The van der Waals surface area contributed by atoms with Gasteiger partial charge in [-0.2, -0.15) is 5.10 Å². The fourth-order valence-corrected chi connectivity index (χ4v) is 3.39. The van der Waals surface area contributed by atoms with E-state index in [0.29, 0.717) is 40.7 Å². The van der Waals surface area contributed by atoms with E-state index in [4.69, 9.17) is 18.9 Å². The van der Waals surface area contributed by atoms with E-state index in [1.807, 2.05) is 30.3 Å². The fourth-order valence-electron chi connectivity index (χ4n) is 3.39. The summed E-state index contributed by atoms with van der Waals surface area (Å²) in [6.45, 7) is 2.10. The molecule has 8 heteroatoms. The van der Waals surface area contributed by atoms with Gasteiger partial charge in [-0.25, -0.2) is 10.2 Å². The van der Waals surface area contributed by atoms with Crippen LogP contribution in [-0.4, -0.2) is 31.3 Å². The average molecular weight is 525 g/mol. The van der Waals surface area contributed by atoms with Gasteiger partial charge in [0.2, 0.25) is 0 Å². The molecule has 0 fully saturated rings. The van der Waals surface area contributed by atoms with Crippen LogP contribution in [0.3, 0.4) is 0 Å². The van der Waals surface area contributed by atoms with Crippen molar-refractivity contribution in [1.29, 1.82) is 0 Å². The van der Waals surface area contributed by atoms with Crippen molar-refractivity contribution in [2.24, 2.45) is 5.10 Å². The van der Waals surface area contributed by atoms with Crippen molar-refractivity contribution < 1.29 is 28.5 Å². The lowest BCUT2D eigenvalue weighted by molar-refractivity contribution is -0.127. The first-order valence-corrected chi connectivity index (χ1v) is 12.2. The smallest absolute Gasteiger partial charge is 0.343 e. The third kappa shape index (κ3) is 8.19. The van der Waals surface area contributed by atoms with Crippen LogP contribution in [0.4, 0.5) is 0 Å². The van der Waals surface area contributed by atoms with Crippen LogP contribution in [0.25, 0.3) is 0 Å². The molecule has 0 aromatic heterocycles. The molecule has 39 heavy (non-hydrogen) atoms. The monoisotopic (exact) mass is 524 g/mol. The zero-order chi connectivity index (χ0) is 27.5. The molecule has 4 aromatic rings. The van der Waals surface area contributed by atoms with Gasteiger partial charge in [-0.3, -0.25) is 4.79 Å². The van der Waals surface area contributed by atoms with Crippen molar-refractivity contribution in [1.82, 2.24) is 5.43 Å². The third-order valence-electron chi connectivity index (χ3n) is 5.56. The zero-order valence-electron chi connectivity index (χ0n) is 21.6. The number of nitrogens with zero attached hydrogens (tertiary/aromatic N) is 1. The Labute approximate surface area is 226 Å². The molecule has 8 nitrogen and oxygen atoms in total. The molecule has 0 spiro atoms. The predicted molar refractivity (Wildman–Crippen MR) is 147 cm³/mol. The summed E-state index contributed by atoms with van der Waals surface area (Å²) in [5, 5.41) is 3.98. The first kappa shape index (κ1) is 26.9. The van der Waals surface area contributed by atoms with Gasteiger partial charge in [0.25, 0.3) is 5.91 Å². The molecule has 0 saturated carbocycles. The number of rotatable bonds is 11. The van der Waals surface area contributed by atoms with E-state index in [0.717, 1.165) is 5.56 Å². The minimum absolute atomic E-state index is 0.385. The van der Waals surface area contributed by atoms with E-state index < -0.39 is 18.0 Å². The number of methoxy groups -OCH3 is 1. The lowest BCUT2D eigenvalue weighted by atomic mass is 10.2. The molecule has 0 aliphatic rings. The van der Waals surface area contributed by atoms with Crippen LogP contribution in [-0.2, 0) is 11.4 Å². The van der Waals surface area contributed by atoms with Gasteiger partial charge in [-0.05, 0) is 90.8 Å². The average Bonchev–Trinajstić information content (AvgIpc) is 2.98. The van der Waals surface area contributed by atoms with Crippen molar-refractivity contribution in [2.45, 2.75) is 19.6 Å². The Morgan fingerprint density at radius 1 is 0.795 bits per heavy atom. The third-order valence-corrected chi connectivity index (χ3v) is 5.56. The van der Waals surface area contributed by atoms with Gasteiger partial charge in [0.15, 0.2) is 6.10 Å². The van der Waals surface area contributed by atoms with E-state index in [1.54, 1.807) is 86.8 Å². The van der Waals surface area contributed by atoms with Gasteiger partial charge < -0.3 is 18.9 Å². The maximum Gasteiger partial charge on any atom is 0.343 e. The number of benzene rings is 4. The highest BCUT2D eigenvalue weighted by molar-refractivity contribution is 5.91. The summed E-state index contributed by atoms with van der Waals surface area (Å²) < 4.78 is 21.9. The molecule has 4 rings (SSSR count). The van der Waals surface area contributed by atoms with Crippen LogP contribution in [0.5, 0.6) is 23.0 Å². The van der Waals surface area contributed by atoms with Crippen LogP contribution in [0, 0.1) is 0 Å². The van der Waals surface area contributed by atoms with Crippen molar-refractivity contribution >= 4 is 18.1 Å². The number of ether oxygens (including phenoxy) is 4. The summed E-state index contributed by atoms with van der Waals surface area (Å²) in [7, 11) is 1.56. The van der Waals surface area contributed by atoms with Crippen LogP contribution in [0.2, 0.25) is 0 Å². The largest absolute Gasteiger partial charge is 0.497 e. The quantitative estimate of drug-likeness (QED) is 0.122. The van der Waals surface area contributed by atoms with Crippen LogP contribution in [0.1, 0.15) is 28.4 Å². The predicted octanol–water partition coefficient (Wildman–Crippen LogP) is 5.41.